The van der Waals surface area contributed by atoms with Crippen molar-refractivity contribution in [1.29, 1.82) is 0 Å². The Morgan fingerprint density at radius 3 is 2.79 bits per heavy atom. The van der Waals surface area contributed by atoms with Crippen molar-refractivity contribution in [2.24, 2.45) is 5.92 Å². The third kappa shape index (κ3) is 4.27. The summed E-state index contributed by atoms with van der Waals surface area (Å²) in [6.07, 6.45) is 5.17. The lowest BCUT2D eigenvalue weighted by molar-refractivity contribution is -0.139. The number of nitrogens with one attached hydrogen (secondary N) is 1. The highest BCUT2D eigenvalue weighted by atomic mass is 35.5. The lowest BCUT2D eigenvalue weighted by atomic mass is 9.96. The number of hydrogen-bond donors (Lipinski definition) is 1. The van der Waals surface area contributed by atoms with Crippen LogP contribution in [0, 0.1) is 19.8 Å². The molecule has 1 saturated carbocycles. The van der Waals surface area contributed by atoms with Crippen LogP contribution in [-0.4, -0.2) is 64.2 Å². The maximum Gasteiger partial charge on any atom is 0.262 e. The molecule has 9 heteroatoms. The molecule has 2 saturated heterocycles. The Balaban J connectivity index is 1.37. The second-order valence-electron chi connectivity index (χ2n) is 9.49. The second-order valence-corrected chi connectivity index (χ2v) is 11.1. The fraction of sp³-hybridized carbons (Fsp3) is 0.520. The maximum atomic E-state index is 13.7. The molecule has 4 heterocycles. The number of ketones is 1. The van der Waals surface area contributed by atoms with Crippen LogP contribution in [0.25, 0.3) is 10.4 Å². The molecule has 34 heavy (non-hydrogen) atoms. The van der Waals surface area contributed by atoms with Gasteiger partial charge in [-0.05, 0) is 61.9 Å². The predicted molar refractivity (Wildman–Crippen MR) is 130 cm³/mol. The number of hydrogen-bond acceptors (Lipinski definition) is 6. The first-order valence-corrected chi connectivity index (χ1v) is 13.0. The van der Waals surface area contributed by atoms with Crippen molar-refractivity contribution in [2.45, 2.75) is 63.1 Å². The lowest BCUT2D eigenvalue weighted by Gasteiger charge is -2.30. The van der Waals surface area contributed by atoms with Crippen molar-refractivity contribution in [2.75, 3.05) is 13.2 Å². The summed E-state index contributed by atoms with van der Waals surface area (Å²) in [5.74, 6) is -0.568. The van der Waals surface area contributed by atoms with Gasteiger partial charge in [-0.25, -0.2) is 0 Å². The van der Waals surface area contributed by atoms with Gasteiger partial charge in [0.05, 0.1) is 10.3 Å². The average Bonchev–Trinajstić information content (AvgIpc) is 3.60. The molecule has 2 amide bonds. The van der Waals surface area contributed by atoms with E-state index in [0.717, 1.165) is 47.4 Å². The molecule has 4 unspecified atom stereocenters. The number of nitrogens with zero attached hydrogens (tertiary/aromatic N) is 2. The molecule has 3 fully saturated rings. The van der Waals surface area contributed by atoms with Crippen LogP contribution in [0.2, 0.25) is 0 Å². The number of likely N-dealkylation sites (tertiary alicyclic amines) is 1. The molecule has 2 aromatic heterocycles. The van der Waals surface area contributed by atoms with E-state index in [1.54, 1.807) is 11.0 Å². The number of Topliss-reactive ketones (excluding diaryl/α,β-unsaturated/α-hetero) is 1. The van der Waals surface area contributed by atoms with Gasteiger partial charge in [-0.1, -0.05) is 12.8 Å². The number of aryl methyl sites for hydroxylation is 2. The number of amides is 2. The van der Waals surface area contributed by atoms with Gasteiger partial charge < -0.3 is 15.0 Å². The van der Waals surface area contributed by atoms with Gasteiger partial charge in [0.15, 0.2) is 5.78 Å². The van der Waals surface area contributed by atoms with E-state index in [-0.39, 0.29) is 36.7 Å². The van der Waals surface area contributed by atoms with Crippen LogP contribution in [0.3, 0.4) is 0 Å². The molecule has 0 bridgehead atoms. The summed E-state index contributed by atoms with van der Waals surface area (Å²) in [5.41, 5.74) is 3.01. The summed E-state index contributed by atoms with van der Waals surface area (Å²) < 4.78 is 5.53. The summed E-state index contributed by atoms with van der Waals surface area (Å²) in [6, 6.07) is 4.42. The van der Waals surface area contributed by atoms with Crippen LogP contribution >= 0.6 is 22.9 Å². The molecule has 0 spiro atoms. The topological polar surface area (TPSA) is 88.6 Å². The van der Waals surface area contributed by atoms with Crippen molar-refractivity contribution < 1.29 is 19.1 Å². The number of carbonyl (C=O) groups excluding carboxylic acids is 3. The minimum atomic E-state index is -0.679. The van der Waals surface area contributed by atoms with Crippen molar-refractivity contribution in [3.8, 4) is 10.4 Å². The summed E-state index contributed by atoms with van der Waals surface area (Å²) >= 11 is 7.81. The molecule has 2 aliphatic heterocycles. The summed E-state index contributed by atoms with van der Waals surface area (Å²) in [6.45, 7) is 4.17. The predicted octanol–water partition coefficient (Wildman–Crippen LogP) is 3.50. The highest BCUT2D eigenvalue weighted by molar-refractivity contribution is 7.17. The first-order valence-electron chi connectivity index (χ1n) is 11.8. The Morgan fingerprint density at radius 1 is 1.26 bits per heavy atom. The minimum Gasteiger partial charge on any atom is -0.366 e. The molecule has 0 radical (unpaired) electrons. The van der Waals surface area contributed by atoms with Crippen LogP contribution in [0.5, 0.6) is 0 Å². The summed E-state index contributed by atoms with van der Waals surface area (Å²) in [4.78, 5) is 46.8. The van der Waals surface area contributed by atoms with E-state index < -0.39 is 23.6 Å². The summed E-state index contributed by atoms with van der Waals surface area (Å²) in [7, 11) is 0. The number of aromatic nitrogens is 1. The quantitative estimate of drug-likeness (QED) is 0.633. The van der Waals surface area contributed by atoms with E-state index >= 15 is 0 Å². The Hall–Kier alpha value is -2.29. The number of fused-ring (bicyclic) bond motifs is 1. The Labute approximate surface area is 207 Å². The van der Waals surface area contributed by atoms with Gasteiger partial charge in [0, 0.05) is 23.3 Å². The Bertz CT molecular complexity index is 1130. The van der Waals surface area contributed by atoms with Gasteiger partial charge in [-0.15, -0.1) is 22.9 Å². The summed E-state index contributed by atoms with van der Waals surface area (Å²) in [5, 5.41) is 2.60. The van der Waals surface area contributed by atoms with Crippen LogP contribution in [-0.2, 0) is 14.3 Å². The molecule has 5 rings (SSSR count). The third-order valence-corrected chi connectivity index (χ3v) is 8.67. The number of pyridine rings is 1. The highest BCUT2D eigenvalue weighted by Gasteiger charge is 2.53. The fourth-order valence-corrected chi connectivity index (χ4v) is 6.73. The third-order valence-electron chi connectivity index (χ3n) is 7.16. The molecule has 1 N–H and O–H groups in total. The smallest absolute Gasteiger partial charge is 0.262 e. The number of rotatable bonds is 5. The van der Waals surface area contributed by atoms with Crippen LogP contribution < -0.4 is 5.32 Å². The molecule has 4 atom stereocenters. The van der Waals surface area contributed by atoms with Crippen LogP contribution in [0.1, 0.15) is 46.6 Å². The number of carbonyl (C=O) groups is 3. The second kappa shape index (κ2) is 9.40. The molecule has 1 aliphatic carbocycles. The zero-order valence-electron chi connectivity index (χ0n) is 19.3. The maximum absolute atomic E-state index is 13.7. The molecule has 7 nitrogen and oxygen atoms in total. The molecule has 2 aromatic rings. The van der Waals surface area contributed by atoms with Crippen LogP contribution in [0.4, 0.5) is 0 Å². The normalized spacial score (nSPS) is 25.6. The standard InChI is InChI=1S/C25H28ClN3O4S/c1-13-10-27-14(2)9-16(13)19-7-8-20(34-19)24(31)28-21(15-5-3-4-6-15)25(32)29-11-17(26)23-22(29)18(30)12-33-23/h7-10,15,17,21-23H,3-6,11-12H2,1-2H3,(H,28,31). The van der Waals surface area contributed by atoms with Crippen molar-refractivity contribution in [3.05, 3.63) is 40.5 Å². The average molecular weight is 502 g/mol. The van der Waals surface area contributed by atoms with E-state index in [0.29, 0.717) is 4.88 Å². The zero-order chi connectivity index (χ0) is 24.0. The van der Waals surface area contributed by atoms with Gasteiger partial charge in [0.2, 0.25) is 5.91 Å². The van der Waals surface area contributed by atoms with Crippen molar-refractivity contribution in [3.63, 3.8) is 0 Å². The van der Waals surface area contributed by atoms with Crippen LogP contribution in [0.15, 0.2) is 24.4 Å². The largest absolute Gasteiger partial charge is 0.366 e. The molecule has 0 aromatic carbocycles. The number of alkyl halides is 1. The minimum absolute atomic E-state index is 0.0192. The van der Waals surface area contributed by atoms with E-state index in [1.807, 2.05) is 32.2 Å². The molecular weight excluding hydrogens is 474 g/mol. The molecule has 3 aliphatic rings. The highest BCUT2D eigenvalue weighted by Crippen LogP contribution is 2.35. The van der Waals surface area contributed by atoms with E-state index in [1.165, 1.54) is 11.3 Å². The van der Waals surface area contributed by atoms with E-state index in [2.05, 4.69) is 10.3 Å². The van der Waals surface area contributed by atoms with Crippen molar-refractivity contribution in [1.82, 2.24) is 15.2 Å². The van der Waals surface area contributed by atoms with Crippen molar-refractivity contribution >= 4 is 40.5 Å². The number of ether oxygens (including phenoxy) is 1. The SMILES string of the molecule is Cc1cc(-c2ccc(C(=O)NC(C(=O)N3CC(Cl)C4OCC(=O)C43)C3CCCC3)s2)c(C)cn1. The van der Waals surface area contributed by atoms with Gasteiger partial charge in [-0.2, -0.15) is 0 Å². The lowest BCUT2D eigenvalue weighted by Crippen LogP contribution is -2.54. The molecule has 180 valence electrons. The van der Waals surface area contributed by atoms with Gasteiger partial charge in [-0.3, -0.25) is 19.4 Å². The van der Waals surface area contributed by atoms with Gasteiger partial charge >= 0.3 is 0 Å². The zero-order valence-corrected chi connectivity index (χ0v) is 20.8. The number of halogens is 1. The van der Waals surface area contributed by atoms with E-state index in [9.17, 15) is 14.4 Å². The van der Waals surface area contributed by atoms with Gasteiger partial charge in [0.25, 0.3) is 5.91 Å². The van der Waals surface area contributed by atoms with E-state index in [4.69, 9.17) is 16.3 Å². The Kier molecular flexibility index (Phi) is 6.48. The van der Waals surface area contributed by atoms with Gasteiger partial charge in [0.1, 0.15) is 24.8 Å². The fourth-order valence-electron chi connectivity index (χ4n) is 5.39. The number of thiophene rings is 1. The first kappa shape index (κ1) is 23.5. The Morgan fingerprint density at radius 2 is 2.03 bits per heavy atom. The molecular formula is C25H28ClN3O4S. The first-order chi connectivity index (χ1) is 16.3. The monoisotopic (exact) mass is 501 g/mol.